The van der Waals surface area contributed by atoms with Crippen molar-refractivity contribution in [3.8, 4) is 0 Å². The van der Waals surface area contributed by atoms with Gasteiger partial charge in [0.1, 0.15) is 0 Å². The van der Waals surface area contributed by atoms with Gasteiger partial charge in [0.2, 0.25) is 0 Å². The predicted octanol–water partition coefficient (Wildman–Crippen LogP) is 3.83. The summed E-state index contributed by atoms with van der Waals surface area (Å²) >= 11 is 1.92. The van der Waals surface area contributed by atoms with E-state index in [0.29, 0.717) is 0 Å². The van der Waals surface area contributed by atoms with Gasteiger partial charge in [-0.25, -0.2) is 4.98 Å². The number of hydrogen-bond donors (Lipinski definition) is 1. The number of nitrogens with zero attached hydrogens (tertiary/aromatic N) is 2. The standard InChI is InChI=1S/C17H29N3S/c1-4-15-16(11-18-14-5-6-14)21-17(19-15)20-9-7-13(8-10-20)12(2)3/h12-14,18H,4-11H2,1-3H3. The Hall–Kier alpha value is -0.610. The van der Waals surface area contributed by atoms with E-state index in [9.17, 15) is 0 Å². The minimum absolute atomic E-state index is 0.780. The fourth-order valence-electron chi connectivity index (χ4n) is 3.20. The van der Waals surface area contributed by atoms with Crippen LogP contribution in [0.25, 0.3) is 0 Å². The van der Waals surface area contributed by atoms with E-state index in [4.69, 9.17) is 4.98 Å². The lowest BCUT2D eigenvalue weighted by Gasteiger charge is -2.33. The van der Waals surface area contributed by atoms with E-state index in [1.807, 2.05) is 11.3 Å². The van der Waals surface area contributed by atoms with E-state index in [1.165, 1.54) is 54.5 Å². The lowest BCUT2D eigenvalue weighted by atomic mass is 9.87. The fraction of sp³-hybridized carbons (Fsp3) is 0.824. The maximum atomic E-state index is 4.93. The molecule has 2 fully saturated rings. The van der Waals surface area contributed by atoms with E-state index in [2.05, 4.69) is 31.0 Å². The first kappa shape index (κ1) is 15.3. The van der Waals surface area contributed by atoms with Crippen molar-refractivity contribution in [3.63, 3.8) is 0 Å². The summed E-state index contributed by atoms with van der Waals surface area (Å²) in [6.07, 6.45) is 6.43. The number of aromatic nitrogens is 1. The highest BCUT2D eigenvalue weighted by molar-refractivity contribution is 7.15. The van der Waals surface area contributed by atoms with E-state index in [0.717, 1.165) is 30.8 Å². The van der Waals surface area contributed by atoms with Crippen molar-refractivity contribution in [2.75, 3.05) is 18.0 Å². The Morgan fingerprint density at radius 2 is 1.95 bits per heavy atom. The third-order valence-electron chi connectivity index (χ3n) is 4.98. The first-order valence-electron chi connectivity index (χ1n) is 8.64. The molecule has 2 aliphatic rings. The molecule has 1 aliphatic carbocycles. The van der Waals surface area contributed by atoms with Crippen molar-refractivity contribution in [2.45, 2.75) is 65.5 Å². The highest BCUT2D eigenvalue weighted by Crippen LogP contribution is 2.32. The van der Waals surface area contributed by atoms with Crippen LogP contribution in [-0.2, 0) is 13.0 Å². The maximum Gasteiger partial charge on any atom is 0.185 e. The average molecular weight is 308 g/mol. The smallest absolute Gasteiger partial charge is 0.185 e. The molecule has 0 amide bonds. The Bertz CT molecular complexity index is 457. The minimum atomic E-state index is 0.780. The Kier molecular flexibility index (Phi) is 4.85. The molecule has 1 aromatic rings. The van der Waals surface area contributed by atoms with Gasteiger partial charge in [-0.2, -0.15) is 0 Å². The molecule has 2 heterocycles. The zero-order valence-electron chi connectivity index (χ0n) is 13.7. The maximum absolute atomic E-state index is 4.93. The molecule has 1 N–H and O–H groups in total. The zero-order chi connectivity index (χ0) is 14.8. The SMILES string of the molecule is CCc1nc(N2CCC(C(C)C)CC2)sc1CNC1CC1. The number of hydrogen-bond acceptors (Lipinski definition) is 4. The second kappa shape index (κ2) is 6.66. The molecule has 1 saturated heterocycles. The molecule has 0 radical (unpaired) electrons. The third kappa shape index (κ3) is 3.78. The van der Waals surface area contributed by atoms with Crippen LogP contribution in [0, 0.1) is 11.8 Å². The minimum Gasteiger partial charge on any atom is -0.348 e. The molecular formula is C17H29N3S. The Balaban J connectivity index is 1.62. The normalized spacial score (nSPS) is 20.5. The van der Waals surface area contributed by atoms with Gasteiger partial charge in [-0.15, -0.1) is 11.3 Å². The van der Waals surface area contributed by atoms with Gasteiger partial charge in [0.25, 0.3) is 0 Å². The number of thiazole rings is 1. The van der Waals surface area contributed by atoms with Gasteiger partial charge >= 0.3 is 0 Å². The largest absolute Gasteiger partial charge is 0.348 e. The van der Waals surface area contributed by atoms with Crippen molar-refractivity contribution in [3.05, 3.63) is 10.6 Å². The van der Waals surface area contributed by atoms with Crippen LogP contribution in [0.3, 0.4) is 0 Å². The summed E-state index contributed by atoms with van der Waals surface area (Å²) in [5.74, 6) is 1.73. The molecule has 0 aromatic carbocycles. The summed E-state index contributed by atoms with van der Waals surface area (Å²) < 4.78 is 0. The number of nitrogens with one attached hydrogen (secondary N) is 1. The van der Waals surface area contributed by atoms with E-state index < -0.39 is 0 Å². The monoisotopic (exact) mass is 307 g/mol. The van der Waals surface area contributed by atoms with Crippen LogP contribution in [0.5, 0.6) is 0 Å². The van der Waals surface area contributed by atoms with E-state index in [1.54, 1.807) is 0 Å². The number of piperidine rings is 1. The second-order valence-electron chi connectivity index (χ2n) is 6.94. The summed E-state index contributed by atoms with van der Waals surface area (Å²) in [6.45, 7) is 10.4. The molecule has 0 spiro atoms. The van der Waals surface area contributed by atoms with Gasteiger partial charge < -0.3 is 10.2 Å². The van der Waals surface area contributed by atoms with Crippen LogP contribution in [0.1, 0.15) is 57.0 Å². The summed E-state index contributed by atoms with van der Waals surface area (Å²) in [5, 5.41) is 4.90. The van der Waals surface area contributed by atoms with Crippen molar-refractivity contribution in [1.82, 2.24) is 10.3 Å². The second-order valence-corrected chi connectivity index (χ2v) is 8.01. The Morgan fingerprint density at radius 1 is 1.24 bits per heavy atom. The fourth-order valence-corrected chi connectivity index (χ4v) is 4.35. The van der Waals surface area contributed by atoms with Gasteiger partial charge in [-0.1, -0.05) is 20.8 Å². The summed E-state index contributed by atoms with van der Waals surface area (Å²) in [7, 11) is 0. The molecule has 118 valence electrons. The molecular weight excluding hydrogens is 278 g/mol. The van der Waals surface area contributed by atoms with Gasteiger partial charge in [0, 0.05) is 30.6 Å². The highest BCUT2D eigenvalue weighted by Gasteiger charge is 2.25. The first-order valence-corrected chi connectivity index (χ1v) is 9.46. The Morgan fingerprint density at radius 3 is 2.52 bits per heavy atom. The van der Waals surface area contributed by atoms with Gasteiger partial charge in [-0.05, 0) is 43.9 Å². The molecule has 3 rings (SSSR count). The van der Waals surface area contributed by atoms with Crippen LogP contribution in [0.15, 0.2) is 0 Å². The zero-order valence-corrected chi connectivity index (χ0v) is 14.5. The molecule has 1 aliphatic heterocycles. The lowest BCUT2D eigenvalue weighted by molar-refractivity contribution is 0.311. The quantitative estimate of drug-likeness (QED) is 0.866. The molecule has 0 bridgehead atoms. The molecule has 4 heteroatoms. The first-order chi connectivity index (χ1) is 10.2. The summed E-state index contributed by atoms with van der Waals surface area (Å²) in [6, 6.07) is 0.780. The van der Waals surface area contributed by atoms with Crippen LogP contribution in [0.2, 0.25) is 0 Å². The topological polar surface area (TPSA) is 28.2 Å². The van der Waals surface area contributed by atoms with Crippen molar-refractivity contribution >= 4 is 16.5 Å². The average Bonchev–Trinajstić information content (AvgIpc) is 3.23. The van der Waals surface area contributed by atoms with E-state index in [-0.39, 0.29) is 0 Å². The molecule has 0 unspecified atom stereocenters. The highest BCUT2D eigenvalue weighted by atomic mass is 32.1. The number of anilines is 1. The molecule has 1 saturated carbocycles. The molecule has 3 nitrogen and oxygen atoms in total. The number of rotatable bonds is 6. The molecule has 1 aromatic heterocycles. The summed E-state index contributed by atoms with van der Waals surface area (Å²) in [4.78, 5) is 8.91. The van der Waals surface area contributed by atoms with Crippen molar-refractivity contribution in [1.29, 1.82) is 0 Å². The van der Waals surface area contributed by atoms with Gasteiger partial charge in [0.15, 0.2) is 5.13 Å². The van der Waals surface area contributed by atoms with Crippen LogP contribution >= 0.6 is 11.3 Å². The van der Waals surface area contributed by atoms with Crippen molar-refractivity contribution < 1.29 is 0 Å². The van der Waals surface area contributed by atoms with Crippen LogP contribution < -0.4 is 10.2 Å². The van der Waals surface area contributed by atoms with E-state index >= 15 is 0 Å². The molecule has 21 heavy (non-hydrogen) atoms. The lowest BCUT2D eigenvalue weighted by Crippen LogP contribution is -2.35. The van der Waals surface area contributed by atoms with Crippen LogP contribution in [0.4, 0.5) is 5.13 Å². The summed E-state index contributed by atoms with van der Waals surface area (Å²) in [5.41, 5.74) is 1.31. The third-order valence-corrected chi connectivity index (χ3v) is 6.14. The number of aryl methyl sites for hydroxylation is 1. The van der Waals surface area contributed by atoms with Crippen molar-refractivity contribution in [2.24, 2.45) is 11.8 Å². The Labute approximate surface area is 133 Å². The predicted molar refractivity (Wildman–Crippen MR) is 91.1 cm³/mol. The van der Waals surface area contributed by atoms with Crippen LogP contribution in [-0.4, -0.2) is 24.1 Å². The molecule has 0 atom stereocenters. The van der Waals surface area contributed by atoms with Gasteiger partial charge in [0.05, 0.1) is 5.69 Å². The van der Waals surface area contributed by atoms with Gasteiger partial charge in [-0.3, -0.25) is 0 Å².